The number of furan rings is 1. The molecule has 104 valence electrons. The van der Waals surface area contributed by atoms with Crippen LogP contribution in [-0.4, -0.2) is 22.8 Å². The molecular formula is C12H25O3PSi2. The third-order valence-electron chi connectivity index (χ3n) is 1.87. The maximum atomic E-state index is 6.19. The molecule has 0 fully saturated rings. The highest BCUT2D eigenvalue weighted by Crippen LogP contribution is 2.44. The van der Waals surface area contributed by atoms with Gasteiger partial charge in [0, 0.05) is 12.6 Å². The lowest BCUT2D eigenvalue weighted by atomic mass is 10.4. The van der Waals surface area contributed by atoms with Gasteiger partial charge >= 0.3 is 0 Å². The Morgan fingerprint density at radius 1 is 1.06 bits per heavy atom. The molecule has 0 aliphatic carbocycles. The summed E-state index contributed by atoms with van der Waals surface area (Å²) in [5.41, 5.74) is 0. The van der Waals surface area contributed by atoms with Crippen molar-refractivity contribution in [3.8, 4) is 0 Å². The van der Waals surface area contributed by atoms with E-state index in [4.69, 9.17) is 12.8 Å². The van der Waals surface area contributed by atoms with Gasteiger partial charge in [-0.2, -0.15) is 0 Å². The zero-order valence-corrected chi connectivity index (χ0v) is 15.2. The molecule has 0 radical (unpaired) electrons. The predicted octanol–water partition coefficient (Wildman–Crippen LogP) is 4.84. The molecule has 3 nitrogen and oxygen atoms in total. The largest absolute Gasteiger partial charge is 0.469 e. The summed E-state index contributed by atoms with van der Waals surface area (Å²) in [4.78, 5) is 0. The van der Waals surface area contributed by atoms with Crippen molar-refractivity contribution in [3.63, 3.8) is 0 Å². The standard InChI is InChI=1S/C12H25O3PSi2/c1-17(2,3)14-16(15-18(4,5)6)11-9-12-8-7-10-13-12/h7-8,10H,9,11H2,1-6H3. The second-order valence-electron chi connectivity index (χ2n) is 6.29. The van der Waals surface area contributed by atoms with Crippen LogP contribution in [0.15, 0.2) is 22.8 Å². The van der Waals surface area contributed by atoms with Crippen molar-refractivity contribution >= 4 is 25.0 Å². The van der Waals surface area contributed by atoms with Crippen molar-refractivity contribution in [1.29, 1.82) is 0 Å². The van der Waals surface area contributed by atoms with Crippen LogP contribution in [0.4, 0.5) is 0 Å². The quantitative estimate of drug-likeness (QED) is 0.534. The highest BCUT2D eigenvalue weighted by atomic mass is 31.2. The highest BCUT2D eigenvalue weighted by Gasteiger charge is 2.27. The Morgan fingerprint density at radius 3 is 2.00 bits per heavy atom. The van der Waals surface area contributed by atoms with Crippen LogP contribution in [0.25, 0.3) is 0 Å². The lowest BCUT2D eigenvalue weighted by Crippen LogP contribution is -2.29. The molecular weight excluding hydrogens is 279 g/mol. The number of rotatable bonds is 7. The summed E-state index contributed by atoms with van der Waals surface area (Å²) in [6.07, 6.45) is 3.54. The Hall–Kier alpha value is 0.0638. The van der Waals surface area contributed by atoms with E-state index in [1.807, 2.05) is 12.1 Å². The van der Waals surface area contributed by atoms with Crippen molar-refractivity contribution in [1.82, 2.24) is 0 Å². The predicted molar refractivity (Wildman–Crippen MR) is 83.1 cm³/mol. The van der Waals surface area contributed by atoms with Crippen molar-refractivity contribution in [2.24, 2.45) is 0 Å². The van der Waals surface area contributed by atoms with Gasteiger partial charge in [-0.3, -0.25) is 0 Å². The van der Waals surface area contributed by atoms with Gasteiger partial charge in [0.25, 0.3) is 0 Å². The van der Waals surface area contributed by atoms with Crippen LogP contribution in [-0.2, 0) is 14.8 Å². The first-order valence-corrected chi connectivity index (χ1v) is 14.5. The molecule has 1 aromatic rings. The van der Waals surface area contributed by atoms with Gasteiger partial charge < -0.3 is 12.8 Å². The van der Waals surface area contributed by atoms with Gasteiger partial charge in [-0.15, -0.1) is 0 Å². The topological polar surface area (TPSA) is 31.6 Å². The first-order valence-electron chi connectivity index (χ1n) is 6.34. The van der Waals surface area contributed by atoms with E-state index in [0.717, 1.165) is 18.3 Å². The van der Waals surface area contributed by atoms with Crippen LogP contribution in [0.5, 0.6) is 0 Å². The molecule has 0 N–H and O–H groups in total. The first-order chi connectivity index (χ1) is 8.16. The Morgan fingerprint density at radius 2 is 1.61 bits per heavy atom. The smallest absolute Gasteiger partial charge is 0.191 e. The third-order valence-corrected chi connectivity index (χ3v) is 8.47. The van der Waals surface area contributed by atoms with Crippen LogP contribution in [0.3, 0.4) is 0 Å². The Balaban J connectivity index is 2.54. The summed E-state index contributed by atoms with van der Waals surface area (Å²) in [6.45, 7) is 13.3. The molecule has 0 saturated carbocycles. The van der Waals surface area contributed by atoms with Gasteiger partial charge in [0.1, 0.15) is 14.1 Å². The van der Waals surface area contributed by atoms with Gasteiger partial charge in [-0.1, -0.05) is 0 Å². The normalized spacial score (nSPS) is 13.3. The highest BCUT2D eigenvalue weighted by molar-refractivity contribution is 7.50. The minimum Gasteiger partial charge on any atom is -0.469 e. The number of hydrogen-bond acceptors (Lipinski definition) is 3. The fourth-order valence-corrected chi connectivity index (χ4v) is 7.88. The minimum atomic E-state index is -1.55. The molecule has 0 atom stereocenters. The first kappa shape index (κ1) is 16.1. The molecule has 1 heterocycles. The molecule has 0 aromatic carbocycles. The molecule has 0 unspecified atom stereocenters. The van der Waals surface area contributed by atoms with Gasteiger partial charge in [-0.25, -0.2) is 0 Å². The maximum Gasteiger partial charge on any atom is 0.191 e. The third kappa shape index (κ3) is 7.49. The second-order valence-corrected chi connectivity index (χ2v) is 17.3. The van der Waals surface area contributed by atoms with Crippen LogP contribution in [0.1, 0.15) is 5.76 Å². The Bertz CT molecular complexity index is 325. The van der Waals surface area contributed by atoms with Gasteiger partial charge in [0.05, 0.1) is 6.26 Å². The zero-order valence-electron chi connectivity index (χ0n) is 12.3. The van der Waals surface area contributed by atoms with E-state index in [1.165, 1.54) is 0 Å². The summed E-state index contributed by atoms with van der Waals surface area (Å²) < 4.78 is 17.7. The van der Waals surface area contributed by atoms with E-state index in [-0.39, 0.29) is 0 Å². The fourth-order valence-electron chi connectivity index (χ4n) is 1.38. The lowest BCUT2D eigenvalue weighted by molar-refractivity contribution is 0.477. The number of hydrogen-bond donors (Lipinski definition) is 0. The average Bonchev–Trinajstić information content (AvgIpc) is 2.61. The summed E-state index contributed by atoms with van der Waals surface area (Å²) in [6, 6.07) is 3.94. The molecule has 0 amide bonds. The molecule has 18 heavy (non-hydrogen) atoms. The lowest BCUT2D eigenvalue weighted by Gasteiger charge is -2.30. The van der Waals surface area contributed by atoms with Crippen LogP contribution in [0, 0.1) is 0 Å². The van der Waals surface area contributed by atoms with Gasteiger partial charge in [-0.05, 0) is 51.4 Å². The van der Waals surface area contributed by atoms with Crippen molar-refractivity contribution < 1.29 is 12.8 Å². The summed E-state index contributed by atoms with van der Waals surface area (Å²) in [7, 11) is -3.87. The van der Waals surface area contributed by atoms with E-state index in [0.29, 0.717) is 0 Å². The average molecular weight is 304 g/mol. The summed E-state index contributed by atoms with van der Waals surface area (Å²) in [5.74, 6) is 1.01. The van der Waals surface area contributed by atoms with Crippen LogP contribution < -0.4 is 0 Å². The Labute approximate surface area is 114 Å². The fraction of sp³-hybridized carbons (Fsp3) is 0.667. The van der Waals surface area contributed by atoms with Crippen molar-refractivity contribution in [2.45, 2.75) is 45.7 Å². The van der Waals surface area contributed by atoms with E-state index < -0.39 is 25.0 Å². The zero-order chi connectivity index (χ0) is 13.8. The monoisotopic (exact) mass is 304 g/mol. The maximum absolute atomic E-state index is 6.19. The van der Waals surface area contributed by atoms with E-state index in [9.17, 15) is 0 Å². The van der Waals surface area contributed by atoms with E-state index >= 15 is 0 Å². The van der Waals surface area contributed by atoms with Gasteiger partial charge in [0.2, 0.25) is 0 Å². The Kier molecular flexibility index (Phi) is 5.80. The second kappa shape index (κ2) is 6.48. The van der Waals surface area contributed by atoms with Crippen molar-refractivity contribution in [2.75, 3.05) is 6.16 Å². The molecule has 6 heteroatoms. The molecule has 0 saturated heterocycles. The van der Waals surface area contributed by atoms with E-state index in [1.54, 1.807) is 6.26 Å². The molecule has 1 aromatic heterocycles. The minimum absolute atomic E-state index is 0.778. The molecule has 0 aliphatic rings. The SMILES string of the molecule is C[Si](C)(C)OP(CCc1ccco1)O[Si](C)(C)C. The van der Waals surface area contributed by atoms with Crippen LogP contribution >= 0.6 is 8.38 Å². The number of aryl methyl sites for hydroxylation is 1. The molecule has 0 spiro atoms. The van der Waals surface area contributed by atoms with Crippen molar-refractivity contribution in [3.05, 3.63) is 24.2 Å². The van der Waals surface area contributed by atoms with Gasteiger partial charge in [0.15, 0.2) is 16.6 Å². The molecule has 1 rings (SSSR count). The summed E-state index contributed by atoms with van der Waals surface area (Å²) in [5, 5.41) is 0. The molecule has 0 bridgehead atoms. The molecule has 0 aliphatic heterocycles. The summed E-state index contributed by atoms with van der Waals surface area (Å²) >= 11 is 0. The van der Waals surface area contributed by atoms with E-state index in [2.05, 4.69) is 39.3 Å². The van der Waals surface area contributed by atoms with Crippen LogP contribution in [0.2, 0.25) is 39.3 Å².